The lowest BCUT2D eigenvalue weighted by Gasteiger charge is -2.20. The van der Waals surface area contributed by atoms with Gasteiger partial charge in [0.2, 0.25) is 0 Å². The Morgan fingerprint density at radius 3 is 2.75 bits per heavy atom. The van der Waals surface area contributed by atoms with E-state index >= 15 is 0 Å². The summed E-state index contributed by atoms with van der Waals surface area (Å²) in [6, 6.07) is 9.48. The monoisotopic (exact) mass is 345 g/mol. The number of halogens is 2. The van der Waals surface area contributed by atoms with Crippen molar-refractivity contribution in [3.05, 3.63) is 70.0 Å². The summed E-state index contributed by atoms with van der Waals surface area (Å²) in [5, 5.41) is 0.0224. The van der Waals surface area contributed by atoms with E-state index in [1.165, 1.54) is 6.07 Å². The average Bonchev–Trinajstić information content (AvgIpc) is 2.56. The number of hydrogen-bond donors (Lipinski definition) is 2. The second-order valence-corrected chi connectivity index (χ2v) is 5.49. The summed E-state index contributed by atoms with van der Waals surface area (Å²) in [6.45, 7) is 0.287. The SMILES string of the molecule is NC(N)=NC(=O)c1ccc2c(c1)C(c1cccc(Cl)c1F)=CCO2. The molecule has 5 nitrogen and oxygen atoms in total. The number of hydrogen-bond acceptors (Lipinski definition) is 2. The first-order valence-electron chi connectivity index (χ1n) is 7.03. The van der Waals surface area contributed by atoms with Crippen LogP contribution in [-0.2, 0) is 0 Å². The average molecular weight is 346 g/mol. The maximum absolute atomic E-state index is 14.4. The molecular weight excluding hydrogens is 333 g/mol. The number of benzene rings is 2. The number of carbonyl (C=O) groups is 1. The number of carbonyl (C=O) groups excluding carboxylic acids is 1. The smallest absolute Gasteiger partial charge is 0.280 e. The number of amides is 1. The lowest BCUT2D eigenvalue weighted by Crippen LogP contribution is -2.24. The highest BCUT2D eigenvalue weighted by molar-refractivity contribution is 6.31. The van der Waals surface area contributed by atoms with Crippen LogP contribution in [0.5, 0.6) is 5.75 Å². The van der Waals surface area contributed by atoms with Crippen LogP contribution < -0.4 is 16.2 Å². The molecular formula is C17H13ClFN3O2. The quantitative estimate of drug-likeness (QED) is 0.646. The number of nitrogens with two attached hydrogens (primary N) is 2. The van der Waals surface area contributed by atoms with Crippen LogP contribution in [0.3, 0.4) is 0 Å². The van der Waals surface area contributed by atoms with Gasteiger partial charge >= 0.3 is 0 Å². The Bertz CT molecular complexity index is 889. The zero-order chi connectivity index (χ0) is 17.3. The normalized spacial score (nSPS) is 12.7. The highest BCUT2D eigenvalue weighted by Gasteiger charge is 2.21. The molecule has 2 aromatic carbocycles. The van der Waals surface area contributed by atoms with Crippen molar-refractivity contribution in [2.45, 2.75) is 0 Å². The van der Waals surface area contributed by atoms with E-state index in [4.69, 9.17) is 27.8 Å². The molecule has 0 saturated heterocycles. The summed E-state index contributed by atoms with van der Waals surface area (Å²) in [5.74, 6) is -0.910. The Hall–Kier alpha value is -2.86. The molecule has 0 saturated carbocycles. The number of rotatable bonds is 2. The van der Waals surface area contributed by atoms with Gasteiger partial charge in [-0.3, -0.25) is 4.79 Å². The Kier molecular flexibility index (Phi) is 4.22. The topological polar surface area (TPSA) is 90.7 Å². The van der Waals surface area contributed by atoms with E-state index in [0.717, 1.165) is 0 Å². The molecule has 0 radical (unpaired) electrons. The molecule has 1 aliphatic heterocycles. The third-order valence-corrected chi connectivity index (χ3v) is 3.81. The molecule has 0 atom stereocenters. The third kappa shape index (κ3) is 2.96. The fraction of sp³-hybridized carbons (Fsp3) is 0.0588. The fourth-order valence-electron chi connectivity index (χ4n) is 2.47. The third-order valence-electron chi connectivity index (χ3n) is 3.52. The second kappa shape index (κ2) is 6.33. The Morgan fingerprint density at radius 1 is 1.21 bits per heavy atom. The van der Waals surface area contributed by atoms with Crippen LogP contribution in [0.1, 0.15) is 21.5 Å². The van der Waals surface area contributed by atoms with Crippen molar-refractivity contribution < 1.29 is 13.9 Å². The van der Waals surface area contributed by atoms with Crippen LogP contribution in [0, 0.1) is 5.82 Å². The lowest BCUT2D eigenvalue weighted by atomic mass is 9.93. The molecule has 0 bridgehead atoms. The lowest BCUT2D eigenvalue weighted by molar-refractivity contribution is 0.100. The van der Waals surface area contributed by atoms with Gasteiger partial charge in [-0.15, -0.1) is 0 Å². The minimum Gasteiger partial charge on any atom is -0.489 e. The molecule has 3 rings (SSSR count). The van der Waals surface area contributed by atoms with Crippen molar-refractivity contribution in [1.82, 2.24) is 0 Å². The number of ether oxygens (including phenoxy) is 1. The van der Waals surface area contributed by atoms with Crippen LogP contribution in [0.2, 0.25) is 5.02 Å². The van der Waals surface area contributed by atoms with Gasteiger partial charge in [0.05, 0.1) is 5.02 Å². The van der Waals surface area contributed by atoms with Crippen molar-refractivity contribution >= 4 is 29.0 Å². The number of fused-ring (bicyclic) bond motifs is 1. The molecule has 1 amide bonds. The van der Waals surface area contributed by atoms with E-state index in [-0.39, 0.29) is 23.2 Å². The van der Waals surface area contributed by atoms with Gasteiger partial charge in [0, 0.05) is 16.7 Å². The van der Waals surface area contributed by atoms with Gasteiger partial charge in [0.1, 0.15) is 18.2 Å². The highest BCUT2D eigenvalue weighted by Crippen LogP contribution is 2.37. The second-order valence-electron chi connectivity index (χ2n) is 5.08. The van der Waals surface area contributed by atoms with Gasteiger partial charge in [0.25, 0.3) is 5.91 Å². The summed E-state index contributed by atoms with van der Waals surface area (Å²) in [5.41, 5.74) is 12.2. The summed E-state index contributed by atoms with van der Waals surface area (Å²) in [6.07, 6.45) is 1.73. The molecule has 0 aliphatic carbocycles. The largest absolute Gasteiger partial charge is 0.489 e. The first kappa shape index (κ1) is 16.0. The van der Waals surface area contributed by atoms with Crippen LogP contribution in [-0.4, -0.2) is 18.5 Å². The molecule has 24 heavy (non-hydrogen) atoms. The number of guanidine groups is 1. The molecule has 122 valence electrons. The molecule has 0 spiro atoms. The number of nitrogens with zero attached hydrogens (tertiary/aromatic N) is 1. The van der Waals surface area contributed by atoms with Crippen molar-refractivity contribution in [2.24, 2.45) is 16.5 Å². The molecule has 7 heteroatoms. The van der Waals surface area contributed by atoms with Gasteiger partial charge in [-0.05, 0) is 35.9 Å². The molecule has 0 unspecified atom stereocenters. The van der Waals surface area contributed by atoms with E-state index in [9.17, 15) is 9.18 Å². The Morgan fingerprint density at radius 2 is 2.00 bits per heavy atom. The predicted octanol–water partition coefficient (Wildman–Crippen LogP) is 2.72. The molecule has 1 heterocycles. The van der Waals surface area contributed by atoms with Crippen LogP contribution in [0.4, 0.5) is 4.39 Å². The van der Waals surface area contributed by atoms with E-state index in [1.54, 1.807) is 36.4 Å². The van der Waals surface area contributed by atoms with Crippen LogP contribution >= 0.6 is 11.6 Å². The van der Waals surface area contributed by atoms with Crippen molar-refractivity contribution in [3.63, 3.8) is 0 Å². The molecule has 2 aromatic rings. The van der Waals surface area contributed by atoms with Crippen molar-refractivity contribution in [1.29, 1.82) is 0 Å². The van der Waals surface area contributed by atoms with Gasteiger partial charge in [0.15, 0.2) is 5.96 Å². The minimum absolute atomic E-state index is 0.0224. The minimum atomic E-state index is -0.589. The summed E-state index contributed by atoms with van der Waals surface area (Å²) in [7, 11) is 0. The van der Waals surface area contributed by atoms with Gasteiger partial charge < -0.3 is 16.2 Å². The summed E-state index contributed by atoms with van der Waals surface area (Å²) < 4.78 is 19.9. The van der Waals surface area contributed by atoms with Crippen molar-refractivity contribution in [2.75, 3.05) is 6.61 Å². The maximum atomic E-state index is 14.4. The van der Waals surface area contributed by atoms with Gasteiger partial charge in [-0.25, -0.2) is 4.39 Å². The van der Waals surface area contributed by atoms with Gasteiger partial charge in [-0.1, -0.05) is 23.7 Å². The molecule has 4 N–H and O–H groups in total. The predicted molar refractivity (Wildman–Crippen MR) is 90.6 cm³/mol. The van der Waals surface area contributed by atoms with E-state index in [2.05, 4.69) is 4.99 Å². The van der Waals surface area contributed by atoms with Crippen LogP contribution in [0.15, 0.2) is 47.5 Å². The van der Waals surface area contributed by atoms with E-state index in [1.807, 2.05) is 0 Å². The molecule has 1 aliphatic rings. The molecule has 0 aromatic heterocycles. The van der Waals surface area contributed by atoms with Gasteiger partial charge in [-0.2, -0.15) is 4.99 Å². The molecule has 0 fully saturated rings. The van der Waals surface area contributed by atoms with Crippen molar-refractivity contribution in [3.8, 4) is 5.75 Å². The standard InChI is InChI=1S/C17H13ClFN3O2/c18-13-3-1-2-11(15(13)19)10-6-7-24-14-5-4-9(8-12(10)14)16(23)22-17(20)21/h1-6,8H,7H2,(H4,20,21,22,23). The van der Waals surface area contributed by atoms with E-state index < -0.39 is 11.7 Å². The van der Waals surface area contributed by atoms with E-state index in [0.29, 0.717) is 22.4 Å². The first-order valence-corrected chi connectivity index (χ1v) is 7.41. The van der Waals surface area contributed by atoms with Crippen LogP contribution in [0.25, 0.3) is 5.57 Å². The zero-order valence-corrected chi connectivity index (χ0v) is 13.2. The first-order chi connectivity index (χ1) is 11.5. The Balaban J connectivity index is 2.11. The number of aliphatic imine (C=N–C) groups is 1. The zero-order valence-electron chi connectivity index (χ0n) is 12.4. The maximum Gasteiger partial charge on any atom is 0.280 e. The highest BCUT2D eigenvalue weighted by atomic mass is 35.5. The summed E-state index contributed by atoms with van der Waals surface area (Å²) in [4.78, 5) is 15.5. The fourth-order valence-corrected chi connectivity index (χ4v) is 2.65. The summed E-state index contributed by atoms with van der Waals surface area (Å²) >= 11 is 5.87. The Labute approximate surface area is 142 Å².